The lowest BCUT2D eigenvalue weighted by Gasteiger charge is -2.36. The van der Waals surface area contributed by atoms with Gasteiger partial charge in [-0.3, -0.25) is 9.89 Å². The van der Waals surface area contributed by atoms with Gasteiger partial charge in [-0.1, -0.05) is 0 Å². The Morgan fingerprint density at radius 1 is 1.22 bits per heavy atom. The van der Waals surface area contributed by atoms with Gasteiger partial charge in [-0.05, 0) is 25.8 Å². The number of carbonyl (C=O) groups is 1. The Hall–Kier alpha value is -2.44. The number of aromatic amines is 1. The fraction of sp³-hybridized carbons (Fsp3) is 0.500. The van der Waals surface area contributed by atoms with Crippen molar-refractivity contribution in [2.24, 2.45) is 0 Å². The average molecular weight is 314 g/mol. The molecule has 7 nitrogen and oxygen atoms in total. The van der Waals surface area contributed by atoms with Gasteiger partial charge in [-0.15, -0.1) is 0 Å². The van der Waals surface area contributed by atoms with E-state index in [0.717, 1.165) is 55.2 Å². The van der Waals surface area contributed by atoms with Crippen molar-refractivity contribution < 1.29 is 4.79 Å². The number of piperazine rings is 1. The zero-order valence-corrected chi connectivity index (χ0v) is 13.6. The highest BCUT2D eigenvalue weighted by Crippen LogP contribution is 2.20. The van der Waals surface area contributed by atoms with Gasteiger partial charge in [0.1, 0.15) is 12.1 Å². The molecule has 0 bridgehead atoms. The van der Waals surface area contributed by atoms with E-state index in [4.69, 9.17) is 0 Å². The van der Waals surface area contributed by atoms with E-state index in [9.17, 15) is 4.79 Å². The number of anilines is 1. The van der Waals surface area contributed by atoms with Gasteiger partial charge in [0.15, 0.2) is 0 Å². The normalized spacial score (nSPS) is 15.0. The largest absolute Gasteiger partial charge is 0.353 e. The van der Waals surface area contributed by atoms with Crippen LogP contribution >= 0.6 is 0 Å². The van der Waals surface area contributed by atoms with Crippen LogP contribution in [0.1, 0.15) is 23.2 Å². The van der Waals surface area contributed by atoms with Gasteiger partial charge in [0.25, 0.3) is 0 Å². The minimum atomic E-state index is 0.210. The molecule has 23 heavy (non-hydrogen) atoms. The van der Waals surface area contributed by atoms with E-state index < -0.39 is 0 Å². The molecule has 122 valence electrons. The smallest absolute Gasteiger partial charge is 0.223 e. The number of carbonyl (C=O) groups excluding carboxylic acids is 1. The molecule has 0 unspecified atom stereocenters. The minimum Gasteiger partial charge on any atom is -0.353 e. The van der Waals surface area contributed by atoms with Crippen LogP contribution < -0.4 is 4.90 Å². The summed E-state index contributed by atoms with van der Waals surface area (Å²) in [5, 5.41) is 6.68. The van der Waals surface area contributed by atoms with Gasteiger partial charge < -0.3 is 9.80 Å². The molecule has 0 saturated carbocycles. The lowest BCUT2D eigenvalue weighted by molar-refractivity contribution is -0.131. The van der Waals surface area contributed by atoms with Crippen molar-refractivity contribution in [1.82, 2.24) is 25.1 Å². The van der Waals surface area contributed by atoms with E-state index >= 15 is 0 Å². The van der Waals surface area contributed by atoms with E-state index in [1.54, 1.807) is 12.5 Å². The summed E-state index contributed by atoms with van der Waals surface area (Å²) in [7, 11) is 0. The molecule has 0 atom stereocenters. The number of H-pyrrole nitrogens is 1. The monoisotopic (exact) mass is 314 g/mol. The maximum absolute atomic E-state index is 12.3. The standard InChI is InChI=1S/C16H22N6O/c1-12-13(2)17-11-18-16(12)22-7-5-21(6-8-22)15(23)4-3-14-9-19-20-10-14/h9-11H,3-8H2,1-2H3,(H,19,20). The van der Waals surface area contributed by atoms with Crippen LogP contribution in [0.2, 0.25) is 0 Å². The molecule has 1 aliphatic heterocycles. The Bertz CT molecular complexity index is 661. The van der Waals surface area contributed by atoms with Crippen LogP contribution in [0, 0.1) is 13.8 Å². The van der Waals surface area contributed by atoms with Gasteiger partial charge in [0.2, 0.25) is 5.91 Å². The molecule has 1 N–H and O–H groups in total. The second-order valence-electron chi connectivity index (χ2n) is 5.88. The van der Waals surface area contributed by atoms with Crippen molar-refractivity contribution in [3.63, 3.8) is 0 Å². The van der Waals surface area contributed by atoms with E-state index in [2.05, 4.69) is 25.1 Å². The number of aromatic nitrogens is 4. The fourth-order valence-corrected chi connectivity index (χ4v) is 2.84. The Labute approximate surface area is 135 Å². The van der Waals surface area contributed by atoms with Crippen molar-refractivity contribution >= 4 is 11.7 Å². The lowest BCUT2D eigenvalue weighted by atomic mass is 10.1. The highest BCUT2D eigenvalue weighted by atomic mass is 16.2. The predicted octanol–water partition coefficient (Wildman–Crippen LogP) is 1.10. The Balaban J connectivity index is 1.53. The molecule has 0 radical (unpaired) electrons. The highest BCUT2D eigenvalue weighted by molar-refractivity contribution is 5.76. The molecule has 1 aliphatic rings. The van der Waals surface area contributed by atoms with Crippen molar-refractivity contribution in [1.29, 1.82) is 0 Å². The van der Waals surface area contributed by atoms with Crippen LogP contribution in [0.15, 0.2) is 18.7 Å². The summed E-state index contributed by atoms with van der Waals surface area (Å²) in [6, 6.07) is 0. The number of rotatable bonds is 4. The zero-order chi connectivity index (χ0) is 16.2. The molecule has 2 aromatic heterocycles. The maximum Gasteiger partial charge on any atom is 0.223 e. The summed E-state index contributed by atoms with van der Waals surface area (Å²) >= 11 is 0. The summed E-state index contributed by atoms with van der Waals surface area (Å²) < 4.78 is 0. The number of hydrogen-bond acceptors (Lipinski definition) is 5. The van der Waals surface area contributed by atoms with Gasteiger partial charge >= 0.3 is 0 Å². The predicted molar refractivity (Wildman–Crippen MR) is 87.2 cm³/mol. The summed E-state index contributed by atoms with van der Waals surface area (Å²) in [6.07, 6.45) is 6.49. The molecular formula is C16H22N6O. The molecule has 3 heterocycles. The first kappa shape index (κ1) is 15.5. The molecule has 0 spiro atoms. The van der Waals surface area contributed by atoms with Crippen LogP contribution in [0.3, 0.4) is 0 Å². The molecule has 0 aliphatic carbocycles. The Morgan fingerprint density at radius 2 is 2.00 bits per heavy atom. The van der Waals surface area contributed by atoms with E-state index in [1.807, 2.05) is 24.9 Å². The molecule has 7 heteroatoms. The van der Waals surface area contributed by atoms with Crippen LogP contribution in [0.4, 0.5) is 5.82 Å². The van der Waals surface area contributed by atoms with Gasteiger partial charge in [-0.25, -0.2) is 9.97 Å². The number of amides is 1. The van der Waals surface area contributed by atoms with Crippen LogP contribution in [0.5, 0.6) is 0 Å². The first-order valence-electron chi connectivity index (χ1n) is 7.93. The van der Waals surface area contributed by atoms with Crippen molar-refractivity contribution in [2.75, 3.05) is 31.1 Å². The quantitative estimate of drug-likeness (QED) is 0.914. The summed E-state index contributed by atoms with van der Waals surface area (Å²) in [4.78, 5) is 25.1. The molecular weight excluding hydrogens is 292 g/mol. The van der Waals surface area contributed by atoms with Crippen LogP contribution in [-0.2, 0) is 11.2 Å². The highest BCUT2D eigenvalue weighted by Gasteiger charge is 2.23. The van der Waals surface area contributed by atoms with E-state index in [-0.39, 0.29) is 5.91 Å². The first-order chi connectivity index (χ1) is 11.1. The van der Waals surface area contributed by atoms with Crippen LogP contribution in [-0.4, -0.2) is 57.2 Å². The van der Waals surface area contributed by atoms with Crippen molar-refractivity contribution in [3.05, 3.63) is 35.5 Å². The summed E-state index contributed by atoms with van der Waals surface area (Å²) in [6.45, 7) is 7.16. The third-order valence-electron chi connectivity index (χ3n) is 4.42. The van der Waals surface area contributed by atoms with Crippen molar-refractivity contribution in [3.8, 4) is 0 Å². The topological polar surface area (TPSA) is 78.0 Å². The second-order valence-corrected chi connectivity index (χ2v) is 5.88. The lowest BCUT2D eigenvalue weighted by Crippen LogP contribution is -2.49. The molecule has 2 aromatic rings. The van der Waals surface area contributed by atoms with Gasteiger partial charge in [0, 0.05) is 50.1 Å². The third kappa shape index (κ3) is 3.49. The number of aryl methyl sites for hydroxylation is 2. The SMILES string of the molecule is Cc1ncnc(N2CCN(C(=O)CCc3cn[nH]c3)CC2)c1C. The average Bonchev–Trinajstić information content (AvgIpc) is 3.09. The minimum absolute atomic E-state index is 0.210. The fourth-order valence-electron chi connectivity index (χ4n) is 2.84. The van der Waals surface area contributed by atoms with Crippen LogP contribution in [0.25, 0.3) is 0 Å². The Kier molecular flexibility index (Phi) is 4.55. The Morgan fingerprint density at radius 3 is 2.70 bits per heavy atom. The third-order valence-corrected chi connectivity index (χ3v) is 4.42. The summed E-state index contributed by atoms with van der Waals surface area (Å²) in [5.41, 5.74) is 3.20. The zero-order valence-electron chi connectivity index (χ0n) is 13.6. The number of nitrogens with one attached hydrogen (secondary N) is 1. The number of hydrogen-bond donors (Lipinski definition) is 1. The maximum atomic E-state index is 12.3. The van der Waals surface area contributed by atoms with Crippen molar-refractivity contribution in [2.45, 2.75) is 26.7 Å². The molecule has 0 aromatic carbocycles. The molecule has 1 amide bonds. The van der Waals surface area contributed by atoms with E-state index in [1.165, 1.54) is 0 Å². The summed E-state index contributed by atoms with van der Waals surface area (Å²) in [5.74, 6) is 1.20. The van der Waals surface area contributed by atoms with Gasteiger partial charge in [-0.2, -0.15) is 5.10 Å². The molecule has 3 rings (SSSR count). The van der Waals surface area contributed by atoms with Gasteiger partial charge in [0.05, 0.1) is 6.20 Å². The number of nitrogens with zero attached hydrogens (tertiary/aromatic N) is 5. The molecule has 1 fully saturated rings. The second kappa shape index (κ2) is 6.76. The first-order valence-corrected chi connectivity index (χ1v) is 7.93. The van der Waals surface area contributed by atoms with E-state index in [0.29, 0.717) is 6.42 Å². The molecule has 1 saturated heterocycles.